The van der Waals surface area contributed by atoms with Crippen molar-refractivity contribution in [3.05, 3.63) is 0 Å². The minimum Gasteiger partial charge on any atom is -0.366 e. The van der Waals surface area contributed by atoms with E-state index >= 15 is 0 Å². The van der Waals surface area contributed by atoms with Crippen LogP contribution in [0.15, 0.2) is 0 Å². The van der Waals surface area contributed by atoms with Crippen molar-refractivity contribution in [1.82, 2.24) is 20.0 Å². The Morgan fingerprint density at radius 3 is 2.10 bits per heavy atom. The number of rotatable bonds is 2. The molecule has 6 heteroatoms. The van der Waals surface area contributed by atoms with E-state index in [9.17, 15) is 4.79 Å². The van der Waals surface area contributed by atoms with Crippen molar-refractivity contribution in [2.75, 3.05) is 52.9 Å². The van der Waals surface area contributed by atoms with Crippen molar-refractivity contribution in [2.24, 2.45) is 0 Å². The van der Waals surface area contributed by atoms with E-state index < -0.39 is 0 Å². The Kier molecular flexibility index (Phi) is 6.04. The van der Waals surface area contributed by atoms with Crippen LogP contribution in [0.5, 0.6) is 0 Å². The molecule has 2 aliphatic heterocycles. The van der Waals surface area contributed by atoms with Gasteiger partial charge < -0.3 is 15.1 Å². The van der Waals surface area contributed by atoms with Crippen LogP contribution < -0.4 is 5.32 Å². The number of amides is 1. The third-order valence-corrected chi connectivity index (χ3v) is 4.65. The zero-order valence-corrected chi connectivity index (χ0v) is 13.3. The highest BCUT2D eigenvalue weighted by Crippen LogP contribution is 2.10. The largest absolute Gasteiger partial charge is 0.366 e. The van der Waals surface area contributed by atoms with Crippen LogP contribution in [0.4, 0.5) is 0 Å². The van der Waals surface area contributed by atoms with E-state index in [2.05, 4.69) is 20.0 Å². The maximum absolute atomic E-state index is 12.3. The van der Waals surface area contributed by atoms with Gasteiger partial charge in [-0.15, -0.1) is 0 Å². The summed E-state index contributed by atoms with van der Waals surface area (Å²) in [5, 5.41) is 3.82. The van der Waals surface area contributed by atoms with Gasteiger partial charge in [-0.2, -0.15) is 0 Å². The smallest absolute Gasteiger partial charge is 0.236 e. The third-order valence-electron chi connectivity index (χ3n) is 4.19. The summed E-state index contributed by atoms with van der Waals surface area (Å²) in [6, 6.07) is 0. The number of nitrogens with one attached hydrogen (secondary N) is 1. The normalized spacial score (nSPS) is 21.4. The number of carbonyl (C=O) groups is 1. The van der Waals surface area contributed by atoms with Crippen LogP contribution in [0.3, 0.4) is 0 Å². The molecule has 2 aliphatic rings. The fourth-order valence-electron chi connectivity index (χ4n) is 2.88. The standard InChI is InChI=1S/C14H26N4OS/c1-15-14(20)18-10-8-16(9-11-18)12-13(19)17-6-4-2-3-5-7-17/h2-12H2,1H3,(H,15,20). The van der Waals surface area contributed by atoms with E-state index in [4.69, 9.17) is 12.2 Å². The van der Waals surface area contributed by atoms with Gasteiger partial charge in [0.05, 0.1) is 6.54 Å². The fourth-order valence-corrected chi connectivity index (χ4v) is 3.06. The molecule has 0 unspecified atom stereocenters. The molecule has 2 fully saturated rings. The van der Waals surface area contributed by atoms with Gasteiger partial charge in [0, 0.05) is 46.3 Å². The number of hydrogen-bond acceptors (Lipinski definition) is 3. The van der Waals surface area contributed by atoms with Gasteiger partial charge in [0.2, 0.25) is 5.91 Å². The second-order valence-corrected chi connectivity index (χ2v) is 6.00. The van der Waals surface area contributed by atoms with Gasteiger partial charge in [-0.1, -0.05) is 12.8 Å². The zero-order chi connectivity index (χ0) is 14.4. The summed E-state index contributed by atoms with van der Waals surface area (Å²) in [7, 11) is 1.86. The molecule has 20 heavy (non-hydrogen) atoms. The van der Waals surface area contributed by atoms with Crippen LogP contribution in [0, 0.1) is 0 Å². The summed E-state index contributed by atoms with van der Waals surface area (Å²) in [5.41, 5.74) is 0. The molecule has 5 nitrogen and oxygen atoms in total. The summed E-state index contributed by atoms with van der Waals surface area (Å²) in [6.45, 7) is 6.12. The first-order valence-corrected chi connectivity index (χ1v) is 8.08. The highest BCUT2D eigenvalue weighted by atomic mass is 32.1. The van der Waals surface area contributed by atoms with Gasteiger partial charge in [-0.3, -0.25) is 9.69 Å². The minimum absolute atomic E-state index is 0.302. The van der Waals surface area contributed by atoms with Crippen LogP contribution in [0.2, 0.25) is 0 Å². The van der Waals surface area contributed by atoms with Crippen LogP contribution >= 0.6 is 12.2 Å². The Morgan fingerprint density at radius 1 is 0.950 bits per heavy atom. The highest BCUT2D eigenvalue weighted by molar-refractivity contribution is 7.80. The number of carbonyl (C=O) groups excluding carboxylic acids is 1. The monoisotopic (exact) mass is 298 g/mol. The van der Waals surface area contributed by atoms with Gasteiger partial charge in [0.25, 0.3) is 0 Å². The van der Waals surface area contributed by atoms with Crippen molar-refractivity contribution in [3.8, 4) is 0 Å². The highest BCUT2D eigenvalue weighted by Gasteiger charge is 2.22. The molecule has 0 atom stereocenters. The molecule has 0 saturated carbocycles. The molecule has 2 rings (SSSR count). The molecule has 0 aromatic carbocycles. The van der Waals surface area contributed by atoms with Crippen LogP contribution in [0.1, 0.15) is 25.7 Å². The average Bonchev–Trinajstić information content (AvgIpc) is 2.76. The minimum atomic E-state index is 0.302. The lowest BCUT2D eigenvalue weighted by Gasteiger charge is -2.36. The van der Waals surface area contributed by atoms with E-state index in [-0.39, 0.29) is 0 Å². The average molecular weight is 298 g/mol. The molecule has 0 aliphatic carbocycles. The molecule has 0 radical (unpaired) electrons. The maximum Gasteiger partial charge on any atom is 0.236 e. The second-order valence-electron chi connectivity index (χ2n) is 5.61. The van der Waals surface area contributed by atoms with Crippen LogP contribution in [-0.4, -0.2) is 78.6 Å². The Morgan fingerprint density at radius 2 is 1.55 bits per heavy atom. The lowest BCUT2D eigenvalue weighted by atomic mass is 10.2. The van der Waals surface area contributed by atoms with Gasteiger partial charge in [-0.25, -0.2) is 0 Å². The Hall–Kier alpha value is -0.880. The first kappa shape index (κ1) is 15.5. The fraction of sp³-hybridized carbons (Fsp3) is 0.857. The number of hydrogen-bond donors (Lipinski definition) is 1. The van der Waals surface area contributed by atoms with Crippen LogP contribution in [0.25, 0.3) is 0 Å². The molecular formula is C14H26N4OS. The van der Waals surface area contributed by atoms with Gasteiger partial charge in [-0.05, 0) is 25.1 Å². The van der Waals surface area contributed by atoms with Crippen molar-refractivity contribution in [2.45, 2.75) is 25.7 Å². The first-order valence-electron chi connectivity index (χ1n) is 7.67. The lowest BCUT2D eigenvalue weighted by Crippen LogP contribution is -2.53. The second kappa shape index (κ2) is 7.78. The van der Waals surface area contributed by atoms with E-state index in [1.807, 2.05) is 7.05 Å². The molecule has 2 heterocycles. The van der Waals surface area contributed by atoms with E-state index in [0.29, 0.717) is 12.5 Å². The van der Waals surface area contributed by atoms with E-state index in [1.54, 1.807) is 0 Å². The number of piperazine rings is 1. The molecule has 0 aromatic rings. The number of likely N-dealkylation sites (tertiary alicyclic amines) is 1. The lowest BCUT2D eigenvalue weighted by molar-refractivity contribution is -0.132. The molecule has 0 bridgehead atoms. The molecule has 1 amide bonds. The number of nitrogens with zero attached hydrogens (tertiary/aromatic N) is 3. The quantitative estimate of drug-likeness (QED) is 0.752. The van der Waals surface area contributed by atoms with Crippen molar-refractivity contribution >= 4 is 23.2 Å². The summed E-state index contributed by atoms with van der Waals surface area (Å²) < 4.78 is 0. The Balaban J connectivity index is 1.74. The first-order chi connectivity index (χ1) is 9.70. The predicted octanol–water partition coefficient (Wildman–Crippen LogP) is 0.511. The van der Waals surface area contributed by atoms with Crippen molar-refractivity contribution in [1.29, 1.82) is 0 Å². The van der Waals surface area contributed by atoms with Gasteiger partial charge in [0.15, 0.2) is 5.11 Å². The molecule has 2 saturated heterocycles. The SMILES string of the molecule is CNC(=S)N1CCN(CC(=O)N2CCCCCC2)CC1. The zero-order valence-electron chi connectivity index (χ0n) is 12.4. The third kappa shape index (κ3) is 4.31. The molecular weight excluding hydrogens is 272 g/mol. The van der Waals surface area contributed by atoms with Crippen molar-refractivity contribution < 1.29 is 4.79 Å². The van der Waals surface area contributed by atoms with Gasteiger partial charge in [0.1, 0.15) is 0 Å². The summed E-state index contributed by atoms with van der Waals surface area (Å²) in [4.78, 5) is 18.8. The molecule has 0 spiro atoms. The summed E-state index contributed by atoms with van der Waals surface area (Å²) >= 11 is 5.24. The van der Waals surface area contributed by atoms with E-state index in [1.165, 1.54) is 12.8 Å². The summed E-state index contributed by atoms with van der Waals surface area (Å²) in [6.07, 6.45) is 4.86. The maximum atomic E-state index is 12.3. The number of thiocarbonyl (C=S) groups is 1. The molecule has 1 N–H and O–H groups in total. The van der Waals surface area contributed by atoms with E-state index in [0.717, 1.165) is 57.2 Å². The Bertz CT molecular complexity index is 334. The topological polar surface area (TPSA) is 38.8 Å². The van der Waals surface area contributed by atoms with Gasteiger partial charge >= 0.3 is 0 Å². The van der Waals surface area contributed by atoms with Crippen LogP contribution in [-0.2, 0) is 4.79 Å². The molecule has 114 valence electrons. The Labute approximate surface area is 127 Å². The van der Waals surface area contributed by atoms with Crippen molar-refractivity contribution in [3.63, 3.8) is 0 Å². The summed E-state index contributed by atoms with van der Waals surface area (Å²) in [5.74, 6) is 0.302. The molecule has 0 aromatic heterocycles. The predicted molar refractivity (Wildman–Crippen MR) is 84.7 cm³/mol.